The molecule has 1 heterocycles. The largest absolute Gasteiger partial charge is 0.496 e. The molecule has 1 aliphatic rings. The number of nitro benzene ring substituents is 1. The molecule has 7 nitrogen and oxygen atoms in total. The summed E-state index contributed by atoms with van der Waals surface area (Å²) in [5, 5.41) is 10.7. The summed E-state index contributed by atoms with van der Waals surface area (Å²) in [4.78, 5) is 21.4. The maximum Gasteiger partial charge on any atom is 0.338 e. The Kier molecular flexibility index (Phi) is 3.15. The van der Waals surface area contributed by atoms with Gasteiger partial charge < -0.3 is 14.2 Å². The zero-order chi connectivity index (χ0) is 13.3. The van der Waals surface area contributed by atoms with E-state index in [1.54, 1.807) is 0 Å². The van der Waals surface area contributed by atoms with Crippen molar-refractivity contribution in [2.75, 3.05) is 14.2 Å². The van der Waals surface area contributed by atoms with Crippen molar-refractivity contribution in [2.24, 2.45) is 0 Å². The van der Waals surface area contributed by atoms with Crippen LogP contribution in [-0.2, 0) is 14.3 Å². The van der Waals surface area contributed by atoms with Crippen LogP contribution in [0.1, 0.15) is 11.7 Å². The molecule has 0 unspecified atom stereocenters. The third-order valence-corrected chi connectivity index (χ3v) is 2.66. The molecular formula is C11H11NO6. The lowest BCUT2D eigenvalue weighted by Gasteiger charge is -2.05. The number of nitrogens with zero attached hydrogens (tertiary/aromatic N) is 1. The molecule has 1 fully saturated rings. The average molecular weight is 253 g/mol. The van der Waals surface area contributed by atoms with E-state index in [-0.39, 0.29) is 5.69 Å². The zero-order valence-electron chi connectivity index (χ0n) is 9.78. The number of carbonyl (C=O) groups excluding carboxylic acids is 1. The fourth-order valence-electron chi connectivity index (χ4n) is 1.70. The van der Waals surface area contributed by atoms with Gasteiger partial charge in [-0.15, -0.1) is 0 Å². The van der Waals surface area contributed by atoms with E-state index in [2.05, 4.69) is 4.74 Å². The molecule has 96 valence electrons. The SMILES string of the molecule is COC(=O)[C@H]1O[C@H]1c1cc([N+](=O)[O-])ccc1OC. The van der Waals surface area contributed by atoms with E-state index in [9.17, 15) is 14.9 Å². The Hall–Kier alpha value is -2.15. The molecule has 1 aromatic carbocycles. The minimum Gasteiger partial charge on any atom is -0.496 e. The molecule has 1 aliphatic heterocycles. The van der Waals surface area contributed by atoms with Gasteiger partial charge in [0.05, 0.1) is 19.1 Å². The van der Waals surface area contributed by atoms with Crippen molar-refractivity contribution >= 4 is 11.7 Å². The van der Waals surface area contributed by atoms with Crippen molar-refractivity contribution in [3.8, 4) is 5.75 Å². The van der Waals surface area contributed by atoms with E-state index >= 15 is 0 Å². The van der Waals surface area contributed by atoms with E-state index in [0.717, 1.165) is 0 Å². The van der Waals surface area contributed by atoms with Gasteiger partial charge in [-0.3, -0.25) is 10.1 Å². The number of hydrogen-bond donors (Lipinski definition) is 0. The second kappa shape index (κ2) is 4.61. The van der Waals surface area contributed by atoms with Crippen LogP contribution in [0.15, 0.2) is 18.2 Å². The molecule has 0 amide bonds. The Morgan fingerprint density at radius 1 is 1.44 bits per heavy atom. The monoisotopic (exact) mass is 253 g/mol. The Morgan fingerprint density at radius 2 is 2.17 bits per heavy atom. The van der Waals surface area contributed by atoms with E-state index in [4.69, 9.17) is 9.47 Å². The number of nitro groups is 1. The second-order valence-corrected chi connectivity index (χ2v) is 3.68. The van der Waals surface area contributed by atoms with Crippen molar-refractivity contribution < 1.29 is 23.9 Å². The fraction of sp³-hybridized carbons (Fsp3) is 0.364. The zero-order valence-corrected chi connectivity index (χ0v) is 9.78. The molecule has 0 aromatic heterocycles. The molecule has 18 heavy (non-hydrogen) atoms. The van der Waals surface area contributed by atoms with E-state index in [1.807, 2.05) is 0 Å². The molecule has 2 atom stereocenters. The smallest absolute Gasteiger partial charge is 0.338 e. The highest BCUT2D eigenvalue weighted by molar-refractivity contribution is 5.78. The summed E-state index contributed by atoms with van der Waals surface area (Å²) in [7, 11) is 2.70. The van der Waals surface area contributed by atoms with Gasteiger partial charge in [-0.1, -0.05) is 0 Å². The van der Waals surface area contributed by atoms with Crippen LogP contribution in [-0.4, -0.2) is 31.2 Å². The Balaban J connectivity index is 2.29. The van der Waals surface area contributed by atoms with Crippen molar-refractivity contribution in [3.05, 3.63) is 33.9 Å². The highest BCUT2D eigenvalue weighted by atomic mass is 16.6. The summed E-state index contributed by atoms with van der Waals surface area (Å²) in [5.74, 6) is -0.0643. The van der Waals surface area contributed by atoms with Crippen LogP contribution in [0.4, 0.5) is 5.69 Å². The summed E-state index contributed by atoms with van der Waals surface area (Å²) in [6, 6.07) is 4.15. The first kappa shape index (κ1) is 12.3. The molecule has 0 radical (unpaired) electrons. The van der Waals surface area contributed by atoms with Gasteiger partial charge in [0.2, 0.25) is 0 Å². The molecule has 0 spiro atoms. The molecule has 0 aliphatic carbocycles. The van der Waals surface area contributed by atoms with Crippen LogP contribution in [0.3, 0.4) is 0 Å². The number of benzene rings is 1. The van der Waals surface area contributed by atoms with Gasteiger partial charge in [-0.25, -0.2) is 4.79 Å². The highest BCUT2D eigenvalue weighted by Crippen LogP contribution is 2.44. The molecule has 1 saturated heterocycles. The fourth-order valence-corrected chi connectivity index (χ4v) is 1.70. The second-order valence-electron chi connectivity index (χ2n) is 3.68. The quantitative estimate of drug-likeness (QED) is 0.346. The average Bonchev–Trinajstić information content (AvgIpc) is 3.17. The summed E-state index contributed by atoms with van der Waals surface area (Å²) in [6.45, 7) is 0. The molecule has 7 heteroatoms. The molecule has 2 rings (SSSR count). The van der Waals surface area contributed by atoms with Gasteiger partial charge in [0.25, 0.3) is 5.69 Å². The lowest BCUT2D eigenvalue weighted by atomic mass is 10.1. The standard InChI is InChI=1S/C11H11NO6/c1-16-8-4-3-6(12(14)15)5-7(8)9-10(18-9)11(13)17-2/h3-5,9-10H,1-2H3/t9-,10-/m0/s1. The van der Waals surface area contributed by atoms with Gasteiger partial charge in [0.15, 0.2) is 6.10 Å². The minimum atomic E-state index is -0.717. The summed E-state index contributed by atoms with van der Waals surface area (Å²) in [5.41, 5.74) is 0.395. The number of methoxy groups -OCH3 is 2. The minimum absolute atomic E-state index is 0.0788. The lowest BCUT2D eigenvalue weighted by molar-refractivity contribution is -0.385. The van der Waals surface area contributed by atoms with Crippen LogP contribution < -0.4 is 4.74 Å². The molecule has 0 bridgehead atoms. The topological polar surface area (TPSA) is 91.2 Å². The van der Waals surface area contributed by atoms with E-state index in [0.29, 0.717) is 11.3 Å². The normalized spacial score (nSPS) is 21.2. The Bertz CT molecular complexity index is 500. The van der Waals surface area contributed by atoms with Crippen molar-refractivity contribution in [3.63, 3.8) is 0 Å². The Morgan fingerprint density at radius 3 is 2.72 bits per heavy atom. The number of esters is 1. The van der Waals surface area contributed by atoms with Crippen LogP contribution in [0, 0.1) is 10.1 Å². The molecule has 0 saturated carbocycles. The first-order valence-corrected chi connectivity index (χ1v) is 5.14. The summed E-state index contributed by atoms with van der Waals surface area (Å²) >= 11 is 0. The lowest BCUT2D eigenvalue weighted by Crippen LogP contribution is -2.09. The summed E-state index contributed by atoms with van der Waals surface area (Å²) in [6.07, 6.45) is -1.27. The van der Waals surface area contributed by atoms with Crippen molar-refractivity contribution in [1.29, 1.82) is 0 Å². The molecular weight excluding hydrogens is 242 g/mol. The van der Waals surface area contributed by atoms with Gasteiger partial charge in [-0.2, -0.15) is 0 Å². The van der Waals surface area contributed by atoms with Crippen molar-refractivity contribution in [2.45, 2.75) is 12.2 Å². The van der Waals surface area contributed by atoms with E-state index in [1.165, 1.54) is 32.4 Å². The van der Waals surface area contributed by atoms with Gasteiger partial charge in [0.1, 0.15) is 11.9 Å². The predicted octanol–water partition coefficient (Wildman–Crippen LogP) is 1.22. The number of epoxide rings is 1. The van der Waals surface area contributed by atoms with Crippen LogP contribution in [0.5, 0.6) is 5.75 Å². The number of non-ortho nitro benzene ring substituents is 1. The van der Waals surface area contributed by atoms with E-state index < -0.39 is 23.1 Å². The van der Waals surface area contributed by atoms with Gasteiger partial charge >= 0.3 is 5.97 Å². The molecule has 0 N–H and O–H groups in total. The number of ether oxygens (including phenoxy) is 3. The Labute approximate surface area is 102 Å². The third kappa shape index (κ3) is 2.12. The maximum atomic E-state index is 11.3. The third-order valence-electron chi connectivity index (χ3n) is 2.66. The van der Waals surface area contributed by atoms with Crippen LogP contribution in [0.25, 0.3) is 0 Å². The molecule has 1 aromatic rings. The number of carbonyl (C=O) groups is 1. The van der Waals surface area contributed by atoms with Crippen LogP contribution in [0.2, 0.25) is 0 Å². The van der Waals surface area contributed by atoms with Gasteiger partial charge in [-0.05, 0) is 6.07 Å². The van der Waals surface area contributed by atoms with Gasteiger partial charge in [0, 0.05) is 17.7 Å². The predicted molar refractivity (Wildman–Crippen MR) is 59.3 cm³/mol. The van der Waals surface area contributed by atoms with Crippen molar-refractivity contribution in [1.82, 2.24) is 0 Å². The number of rotatable bonds is 4. The first-order chi connectivity index (χ1) is 8.58. The number of hydrogen-bond acceptors (Lipinski definition) is 6. The maximum absolute atomic E-state index is 11.3. The highest BCUT2D eigenvalue weighted by Gasteiger charge is 2.49. The first-order valence-electron chi connectivity index (χ1n) is 5.14. The van der Waals surface area contributed by atoms with Crippen LogP contribution >= 0.6 is 0 Å². The summed E-state index contributed by atoms with van der Waals surface area (Å²) < 4.78 is 14.8.